The maximum Gasteiger partial charge on any atom is 0.339 e. The minimum atomic E-state index is -0.803. The van der Waals surface area contributed by atoms with Crippen molar-refractivity contribution in [3.8, 4) is 5.00 Å². The summed E-state index contributed by atoms with van der Waals surface area (Å²) in [4.78, 5) is 12.6. The Morgan fingerprint density at radius 3 is 2.75 bits per heavy atom. The Bertz CT molecular complexity index is 540. The summed E-state index contributed by atoms with van der Waals surface area (Å²) in [5.41, 5.74) is 1.56. The molecule has 0 radical (unpaired) electrons. The zero-order valence-electron chi connectivity index (χ0n) is 8.64. The van der Waals surface area contributed by atoms with Gasteiger partial charge in [0.25, 0.3) is 0 Å². The summed E-state index contributed by atoms with van der Waals surface area (Å²) < 4.78 is 1.90. The lowest BCUT2D eigenvalue weighted by Crippen LogP contribution is -2.03. The third-order valence-electron chi connectivity index (χ3n) is 2.96. The Kier molecular flexibility index (Phi) is 2.11. The second-order valence-electron chi connectivity index (χ2n) is 3.93. The highest BCUT2D eigenvalue weighted by molar-refractivity contribution is 7.15. The second kappa shape index (κ2) is 3.49. The third kappa shape index (κ3) is 1.30. The number of carboxylic acid groups (broad SMARTS) is 1. The van der Waals surface area contributed by atoms with Gasteiger partial charge in [0.2, 0.25) is 0 Å². The van der Waals surface area contributed by atoms with E-state index < -0.39 is 5.97 Å². The predicted molar refractivity (Wildman–Crippen MR) is 62.6 cm³/mol. The predicted octanol–water partition coefficient (Wildman–Crippen LogP) is 2.73. The van der Waals surface area contributed by atoms with Crippen molar-refractivity contribution in [3.05, 3.63) is 40.5 Å². The largest absolute Gasteiger partial charge is 0.478 e. The minimum absolute atomic E-state index is 0.508. The standard InChI is InChI=1S/C12H11NO2S/c14-12(15)10-8-4-3-5-9(8)16-11(10)13-6-1-2-7-13/h1-2,6-7H,3-5H2,(H,14,15). The zero-order valence-corrected chi connectivity index (χ0v) is 9.46. The van der Waals surface area contributed by atoms with E-state index in [-0.39, 0.29) is 0 Å². The van der Waals surface area contributed by atoms with Gasteiger partial charge in [-0.1, -0.05) is 0 Å². The molecule has 16 heavy (non-hydrogen) atoms. The first-order valence-electron chi connectivity index (χ1n) is 5.28. The van der Waals surface area contributed by atoms with Gasteiger partial charge in [0, 0.05) is 17.3 Å². The Balaban J connectivity index is 2.22. The van der Waals surface area contributed by atoms with Crippen molar-refractivity contribution in [2.24, 2.45) is 0 Å². The number of rotatable bonds is 2. The van der Waals surface area contributed by atoms with Crippen molar-refractivity contribution in [1.82, 2.24) is 4.57 Å². The Hall–Kier alpha value is -1.55. The number of fused-ring (bicyclic) bond motifs is 1. The highest BCUT2D eigenvalue weighted by Gasteiger charge is 2.26. The van der Waals surface area contributed by atoms with Gasteiger partial charge in [0.1, 0.15) is 5.00 Å². The quantitative estimate of drug-likeness (QED) is 0.866. The van der Waals surface area contributed by atoms with Crippen LogP contribution in [0.15, 0.2) is 24.5 Å². The van der Waals surface area contributed by atoms with Crippen LogP contribution < -0.4 is 0 Å². The van der Waals surface area contributed by atoms with Gasteiger partial charge in [-0.05, 0) is 37.0 Å². The fourth-order valence-electron chi connectivity index (χ4n) is 2.26. The lowest BCUT2D eigenvalue weighted by Gasteiger charge is -2.02. The number of thiophene rings is 1. The number of hydrogen-bond donors (Lipinski definition) is 1. The van der Waals surface area contributed by atoms with Gasteiger partial charge in [-0.25, -0.2) is 4.79 Å². The van der Waals surface area contributed by atoms with Crippen LogP contribution >= 0.6 is 11.3 Å². The maximum atomic E-state index is 11.3. The fourth-order valence-corrected chi connectivity index (χ4v) is 3.61. The van der Waals surface area contributed by atoms with Crippen LogP contribution in [0.1, 0.15) is 27.2 Å². The summed E-state index contributed by atoms with van der Waals surface area (Å²) in [6.45, 7) is 0. The van der Waals surface area contributed by atoms with E-state index in [1.807, 2.05) is 29.1 Å². The minimum Gasteiger partial charge on any atom is -0.478 e. The van der Waals surface area contributed by atoms with Gasteiger partial charge in [-0.3, -0.25) is 0 Å². The van der Waals surface area contributed by atoms with E-state index in [1.54, 1.807) is 11.3 Å². The molecule has 0 saturated heterocycles. The lowest BCUT2D eigenvalue weighted by molar-refractivity contribution is 0.0696. The first-order valence-corrected chi connectivity index (χ1v) is 6.10. The molecule has 0 unspecified atom stereocenters. The molecule has 2 heterocycles. The molecule has 82 valence electrons. The van der Waals surface area contributed by atoms with E-state index >= 15 is 0 Å². The molecule has 0 aliphatic heterocycles. The van der Waals surface area contributed by atoms with Crippen LogP contribution in [0.25, 0.3) is 5.00 Å². The fraction of sp³-hybridized carbons (Fsp3) is 0.250. The lowest BCUT2D eigenvalue weighted by atomic mass is 10.1. The molecule has 2 aromatic rings. The maximum absolute atomic E-state index is 11.3. The van der Waals surface area contributed by atoms with Gasteiger partial charge in [0.05, 0.1) is 5.56 Å². The van der Waals surface area contributed by atoms with Crippen molar-refractivity contribution >= 4 is 17.3 Å². The van der Waals surface area contributed by atoms with Crippen LogP contribution in [0.4, 0.5) is 0 Å². The monoisotopic (exact) mass is 233 g/mol. The molecule has 1 aliphatic carbocycles. The molecule has 3 rings (SSSR count). The molecule has 0 amide bonds. The molecular weight excluding hydrogens is 222 g/mol. The van der Waals surface area contributed by atoms with E-state index in [0.29, 0.717) is 5.56 Å². The Labute approximate surface area is 97.0 Å². The second-order valence-corrected chi connectivity index (χ2v) is 5.02. The summed E-state index contributed by atoms with van der Waals surface area (Å²) >= 11 is 1.62. The Morgan fingerprint density at radius 1 is 1.31 bits per heavy atom. The average Bonchev–Trinajstić information content (AvgIpc) is 2.92. The summed E-state index contributed by atoms with van der Waals surface area (Å²) in [6, 6.07) is 3.83. The number of nitrogens with zero attached hydrogens (tertiary/aromatic N) is 1. The van der Waals surface area contributed by atoms with Crippen LogP contribution in [0.5, 0.6) is 0 Å². The molecule has 1 N–H and O–H groups in total. The first-order chi connectivity index (χ1) is 7.77. The topological polar surface area (TPSA) is 42.2 Å². The number of aromatic nitrogens is 1. The number of carbonyl (C=O) groups is 1. The van der Waals surface area contributed by atoms with Crippen LogP contribution in [-0.2, 0) is 12.8 Å². The first kappa shape index (κ1) is 9.66. The molecule has 0 fully saturated rings. The number of aryl methyl sites for hydroxylation is 1. The van der Waals surface area contributed by atoms with Crippen molar-refractivity contribution in [2.45, 2.75) is 19.3 Å². The highest BCUT2D eigenvalue weighted by atomic mass is 32.1. The van der Waals surface area contributed by atoms with Gasteiger partial charge in [0.15, 0.2) is 0 Å². The van der Waals surface area contributed by atoms with Crippen LogP contribution in [0.3, 0.4) is 0 Å². The number of carboxylic acids is 1. The molecule has 1 aliphatic rings. The molecule has 2 aromatic heterocycles. The van der Waals surface area contributed by atoms with E-state index in [2.05, 4.69) is 0 Å². The highest BCUT2D eigenvalue weighted by Crippen LogP contribution is 2.37. The number of aromatic carboxylic acids is 1. The molecule has 3 nitrogen and oxygen atoms in total. The van der Waals surface area contributed by atoms with Crippen LogP contribution in [0, 0.1) is 0 Å². The van der Waals surface area contributed by atoms with E-state index in [9.17, 15) is 9.90 Å². The summed E-state index contributed by atoms with van der Waals surface area (Å²) in [7, 11) is 0. The van der Waals surface area contributed by atoms with Gasteiger partial charge in [-0.15, -0.1) is 11.3 Å². The van der Waals surface area contributed by atoms with Crippen molar-refractivity contribution in [3.63, 3.8) is 0 Å². The molecule has 0 saturated carbocycles. The normalized spacial score (nSPS) is 14.0. The molecule has 0 bridgehead atoms. The Morgan fingerprint density at radius 2 is 2.06 bits per heavy atom. The van der Waals surface area contributed by atoms with Crippen molar-refractivity contribution < 1.29 is 9.90 Å². The van der Waals surface area contributed by atoms with Crippen LogP contribution in [-0.4, -0.2) is 15.6 Å². The molecule has 4 heteroatoms. The third-order valence-corrected chi connectivity index (χ3v) is 4.26. The van der Waals surface area contributed by atoms with Crippen LogP contribution in [0.2, 0.25) is 0 Å². The van der Waals surface area contributed by atoms with Gasteiger partial charge >= 0.3 is 5.97 Å². The number of hydrogen-bond acceptors (Lipinski definition) is 2. The van der Waals surface area contributed by atoms with E-state index in [0.717, 1.165) is 29.8 Å². The SMILES string of the molecule is O=C(O)c1c(-n2cccc2)sc2c1CCC2. The van der Waals surface area contributed by atoms with Crippen molar-refractivity contribution in [2.75, 3.05) is 0 Å². The van der Waals surface area contributed by atoms with Crippen molar-refractivity contribution in [1.29, 1.82) is 0 Å². The summed E-state index contributed by atoms with van der Waals surface area (Å²) in [5, 5.41) is 10.2. The van der Waals surface area contributed by atoms with Gasteiger partial charge in [-0.2, -0.15) is 0 Å². The zero-order chi connectivity index (χ0) is 11.1. The molecule has 0 spiro atoms. The smallest absolute Gasteiger partial charge is 0.339 e. The molecular formula is C12H11NO2S. The van der Waals surface area contributed by atoms with E-state index in [1.165, 1.54) is 4.88 Å². The van der Waals surface area contributed by atoms with E-state index in [4.69, 9.17) is 0 Å². The molecule has 0 aromatic carbocycles. The summed E-state index contributed by atoms with van der Waals surface area (Å²) in [6.07, 6.45) is 6.82. The summed E-state index contributed by atoms with van der Waals surface area (Å²) in [5.74, 6) is -0.803. The van der Waals surface area contributed by atoms with Gasteiger partial charge < -0.3 is 9.67 Å². The molecule has 0 atom stereocenters. The average molecular weight is 233 g/mol.